The van der Waals surface area contributed by atoms with Crippen molar-refractivity contribution in [3.05, 3.63) is 96.1 Å². The number of carbonyl (C=O) groups excluding carboxylic acids is 5. The number of benzene rings is 3. The molecule has 5 amide bonds. The van der Waals surface area contributed by atoms with Gasteiger partial charge in [0.2, 0.25) is 23.7 Å². The van der Waals surface area contributed by atoms with E-state index in [9.17, 15) is 24.0 Å². The summed E-state index contributed by atoms with van der Waals surface area (Å²) in [5.74, 6) is -12.6. The maximum Gasteiger partial charge on any atom is 0.265 e. The average Bonchev–Trinajstić information content (AvgIpc) is 3.94. The lowest BCUT2D eigenvalue weighted by Crippen LogP contribution is -2.54. The average molecular weight is 956 g/mol. The number of halogens is 3. The first-order valence-corrected chi connectivity index (χ1v) is 22.0. The van der Waals surface area contributed by atoms with Crippen LogP contribution in [0, 0.1) is 23.4 Å². The molecule has 1 unspecified atom stereocenters. The first-order chi connectivity index (χ1) is 36.3. The summed E-state index contributed by atoms with van der Waals surface area (Å²) in [4.78, 5) is 77.1. The number of methoxy groups -OCH3 is 1. The van der Waals surface area contributed by atoms with Crippen molar-refractivity contribution in [2.75, 3.05) is 93.3 Å². The van der Waals surface area contributed by atoms with Crippen molar-refractivity contribution in [1.29, 1.82) is 0 Å². The summed E-state index contributed by atoms with van der Waals surface area (Å²) in [6, 6.07) is 11.4. The number of aromatic nitrogens is 3. The molecule has 6 heterocycles. The number of nitrogens with zero attached hydrogens (tertiary/aromatic N) is 8. The fourth-order valence-electron chi connectivity index (χ4n) is 9.00. The van der Waals surface area contributed by atoms with Gasteiger partial charge >= 0.3 is 0 Å². The van der Waals surface area contributed by atoms with Crippen LogP contribution in [-0.2, 0) is 21.4 Å². The molecule has 1 atom stereocenters. The summed E-state index contributed by atoms with van der Waals surface area (Å²) in [5, 5.41) is 8.98. The highest BCUT2D eigenvalue weighted by molar-refractivity contribution is 6.24. The second-order valence-electron chi connectivity index (χ2n) is 16.9. The number of imide groups is 2. The van der Waals surface area contributed by atoms with Gasteiger partial charge < -0.3 is 34.6 Å². The van der Waals surface area contributed by atoms with Gasteiger partial charge in [-0.05, 0) is 62.5 Å². The molecular weight excluding hydrogens is 896 g/mol. The second kappa shape index (κ2) is 19.4. The van der Waals surface area contributed by atoms with E-state index in [0.717, 1.165) is 22.5 Å². The van der Waals surface area contributed by atoms with Crippen molar-refractivity contribution in [3.63, 3.8) is 0 Å². The van der Waals surface area contributed by atoms with E-state index in [1.54, 1.807) is 18.3 Å². The van der Waals surface area contributed by atoms with Crippen molar-refractivity contribution in [1.82, 2.24) is 34.6 Å². The number of likely N-dealkylation sites (tertiary alicyclic amines) is 1. The number of aryl methyl sites for hydroxylation is 1. The van der Waals surface area contributed by atoms with Crippen LogP contribution in [0.15, 0.2) is 67.5 Å². The molecule has 3 aromatic carbocycles. The number of piperazine rings is 1. The predicted molar refractivity (Wildman–Crippen MR) is 253 cm³/mol. The molecule has 0 bridgehead atoms. The summed E-state index contributed by atoms with van der Waals surface area (Å²) in [6.45, 7) is -10.5. The fourth-order valence-corrected chi connectivity index (χ4v) is 9.00. The lowest BCUT2D eigenvalue weighted by molar-refractivity contribution is -0.136. The van der Waals surface area contributed by atoms with Crippen LogP contribution in [0.2, 0.25) is 0 Å². The van der Waals surface area contributed by atoms with Gasteiger partial charge in [0.25, 0.3) is 11.8 Å². The van der Waals surface area contributed by atoms with E-state index in [2.05, 4.69) is 27.1 Å². The Morgan fingerprint density at radius 1 is 0.971 bits per heavy atom. The van der Waals surface area contributed by atoms with Crippen molar-refractivity contribution in [2.45, 2.75) is 31.7 Å². The zero-order chi connectivity index (χ0) is 55.8. The first kappa shape index (κ1) is 37.6. The largest absolute Gasteiger partial charge is 0.494 e. The Morgan fingerprint density at radius 2 is 1.70 bits per heavy atom. The van der Waals surface area contributed by atoms with Gasteiger partial charge in [0.1, 0.15) is 17.5 Å². The standard InChI is InChI=1S/C49H52F3N11O6/c1-5-38(64)54-32-24-33(56-49-53-15-12-31(55-49)30-27-59(3)34-9-7-6-8-29(30)34)37(69-4)25-36(32)58(2)18-19-60-16-13-28(14-17-60)26-61-20-22-62(23-21-61)45-43(51)41-40(42(50)44(45)52)47(67)63(48(41)68)35-10-11-39(65)57-46(35)66/h5-9,12,15,24-25,27-28,35H,1,10-11,13-14,16-23,26H2,2-4H3,(H,54,64)(H,53,55,56)(H,57,65,66)/i20D2,21D2,22D2,23D2. The number of rotatable bonds is 14. The molecule has 5 aromatic rings. The number of amides is 5. The quantitative estimate of drug-likeness (QED) is 0.0744. The van der Waals surface area contributed by atoms with Crippen LogP contribution in [0.5, 0.6) is 5.75 Å². The van der Waals surface area contributed by atoms with E-state index in [-0.39, 0.29) is 17.3 Å². The molecule has 3 N–H and O–H groups in total. The number of para-hydroxylation sites is 1. The summed E-state index contributed by atoms with van der Waals surface area (Å²) in [5.41, 5.74) is -0.971. The number of piperidine rings is 2. The Kier molecular flexibility index (Phi) is 10.6. The van der Waals surface area contributed by atoms with Gasteiger partial charge in [0.05, 0.1) is 46.5 Å². The molecule has 3 saturated heterocycles. The topological polar surface area (TPSA) is 178 Å². The van der Waals surface area contributed by atoms with Gasteiger partial charge in [-0.15, -0.1) is 0 Å². The van der Waals surface area contributed by atoms with Crippen molar-refractivity contribution in [3.8, 4) is 17.0 Å². The lowest BCUT2D eigenvalue weighted by atomic mass is 9.96. The fraction of sp³-hybridized carbons (Fsp3) is 0.367. The van der Waals surface area contributed by atoms with Gasteiger partial charge in [-0.3, -0.25) is 39.1 Å². The Hall–Kier alpha value is -7.32. The number of fused-ring (bicyclic) bond motifs is 2. The summed E-state index contributed by atoms with van der Waals surface area (Å²) in [6.07, 6.45) is 4.50. The van der Waals surface area contributed by atoms with Crippen LogP contribution in [0.3, 0.4) is 0 Å². The molecule has 0 saturated carbocycles. The molecule has 20 heteroatoms. The summed E-state index contributed by atoms with van der Waals surface area (Å²) >= 11 is 0. The van der Waals surface area contributed by atoms with E-state index in [0.29, 0.717) is 72.4 Å². The zero-order valence-electron chi connectivity index (χ0n) is 45.7. The Bertz CT molecular complexity index is 3260. The van der Waals surface area contributed by atoms with E-state index < -0.39 is 120 Å². The molecule has 0 radical (unpaired) electrons. The molecule has 4 aliphatic rings. The molecule has 3 fully saturated rings. The third-order valence-corrected chi connectivity index (χ3v) is 12.6. The highest BCUT2D eigenvalue weighted by atomic mass is 19.2. The molecule has 0 spiro atoms. The normalized spacial score (nSPS) is 22.8. The van der Waals surface area contributed by atoms with Crippen molar-refractivity contribution in [2.24, 2.45) is 13.0 Å². The monoisotopic (exact) mass is 955 g/mol. The number of ether oxygens (including phenoxy) is 1. The van der Waals surface area contributed by atoms with Crippen LogP contribution < -0.4 is 30.5 Å². The molecule has 9 rings (SSSR count). The number of hydrogen-bond donors (Lipinski definition) is 3. The van der Waals surface area contributed by atoms with E-state index in [4.69, 9.17) is 20.7 Å². The van der Waals surface area contributed by atoms with Gasteiger partial charge in [-0.25, -0.2) is 23.1 Å². The maximum atomic E-state index is 16.7. The van der Waals surface area contributed by atoms with Crippen molar-refractivity contribution < 1.29 is 52.8 Å². The molecule has 2 aromatic heterocycles. The second-order valence-corrected chi connectivity index (χ2v) is 16.9. The number of nitrogens with one attached hydrogen (secondary N) is 3. The number of anilines is 5. The number of carbonyl (C=O) groups is 5. The smallest absolute Gasteiger partial charge is 0.265 e. The number of likely N-dealkylation sites (N-methyl/N-ethyl adjacent to an activating group) is 1. The van der Waals surface area contributed by atoms with E-state index >= 15 is 13.2 Å². The van der Waals surface area contributed by atoms with E-state index in [1.807, 2.05) is 65.4 Å². The van der Waals surface area contributed by atoms with Crippen molar-refractivity contribution >= 4 is 69.1 Å². The molecule has 4 aliphatic heterocycles. The molecule has 69 heavy (non-hydrogen) atoms. The molecule has 360 valence electrons. The molecule has 17 nitrogen and oxygen atoms in total. The predicted octanol–water partition coefficient (Wildman–Crippen LogP) is 5.30. The van der Waals surface area contributed by atoms with Crippen LogP contribution in [0.1, 0.15) is 57.4 Å². The zero-order valence-corrected chi connectivity index (χ0v) is 37.7. The highest BCUT2D eigenvalue weighted by Crippen LogP contribution is 2.40. The number of hydrogen-bond acceptors (Lipinski definition) is 13. The Labute approximate surface area is 407 Å². The van der Waals surface area contributed by atoms with E-state index in [1.165, 1.54) is 7.11 Å². The minimum Gasteiger partial charge on any atom is -0.494 e. The van der Waals surface area contributed by atoms with Gasteiger partial charge in [0.15, 0.2) is 17.5 Å². The van der Waals surface area contributed by atoms with Crippen LogP contribution in [0.4, 0.5) is 41.9 Å². The summed E-state index contributed by atoms with van der Waals surface area (Å²) in [7, 11) is 5.25. The third kappa shape index (κ3) is 9.08. The first-order valence-electron chi connectivity index (χ1n) is 26.0. The minimum atomic E-state index is -3.91. The Balaban J connectivity index is 0.889. The molecule has 0 aliphatic carbocycles. The van der Waals surface area contributed by atoms with Gasteiger partial charge in [-0.2, -0.15) is 0 Å². The van der Waals surface area contributed by atoms with Gasteiger partial charge in [0, 0.05) is 107 Å². The minimum absolute atomic E-state index is 0.104. The molecular formula is C49H52F3N11O6. The highest BCUT2D eigenvalue weighted by Gasteiger charge is 2.49. The lowest BCUT2D eigenvalue weighted by Gasteiger charge is -2.40. The van der Waals surface area contributed by atoms with Gasteiger partial charge in [-0.1, -0.05) is 24.8 Å². The van der Waals surface area contributed by atoms with Crippen LogP contribution >= 0.6 is 0 Å². The maximum absolute atomic E-state index is 16.7. The van der Waals surface area contributed by atoms with Crippen LogP contribution in [-0.4, -0.2) is 138 Å². The SMILES string of the molecule is [2H]C1([2H])N(CC2CCN(CCN(C)c3cc(OC)c(Nc4nccc(-c5cn(C)c6ccccc56)n4)cc3NC(=O)C=C)CC2)C([2H])([2H])C([2H])([2H])N(c2c(F)c(F)c3c(c2F)C(=O)N(C2CCC(=O)NC2=O)C3=O)C1([2H])[2H]. The summed E-state index contributed by atoms with van der Waals surface area (Å²) < 4.78 is 128. The van der Waals surface area contributed by atoms with Crippen LogP contribution in [0.25, 0.3) is 22.2 Å². The third-order valence-electron chi connectivity index (χ3n) is 12.6. The Morgan fingerprint density at radius 3 is 2.41 bits per heavy atom.